The van der Waals surface area contributed by atoms with Gasteiger partial charge in [0.15, 0.2) is 0 Å². The third-order valence-corrected chi connectivity index (χ3v) is 2.77. The molecule has 1 amide bonds. The van der Waals surface area contributed by atoms with Crippen molar-refractivity contribution in [2.75, 3.05) is 40.4 Å². The summed E-state index contributed by atoms with van der Waals surface area (Å²) in [6.45, 7) is 7.11. The highest BCUT2D eigenvalue weighted by Gasteiger charge is 2.12. The van der Waals surface area contributed by atoms with E-state index in [-0.39, 0.29) is 11.9 Å². The molecule has 0 aromatic rings. The minimum absolute atomic E-state index is 0.0336. The second-order valence-electron chi connectivity index (χ2n) is 4.76. The van der Waals surface area contributed by atoms with E-state index < -0.39 is 0 Å². The molecule has 0 aliphatic rings. The lowest BCUT2D eigenvalue weighted by atomic mass is 10.0. The van der Waals surface area contributed by atoms with E-state index in [2.05, 4.69) is 10.2 Å². The van der Waals surface area contributed by atoms with Gasteiger partial charge in [0.25, 0.3) is 0 Å². The van der Waals surface area contributed by atoms with Crippen molar-refractivity contribution in [2.24, 2.45) is 11.7 Å². The first kappa shape index (κ1) is 16.4. The SMILES string of the molecule is COCCN(C)CCNC(=O)CC(N)C(C)C. The summed E-state index contributed by atoms with van der Waals surface area (Å²) < 4.78 is 4.97. The highest BCUT2D eigenvalue weighted by Crippen LogP contribution is 2.01. The minimum Gasteiger partial charge on any atom is -0.383 e. The molecule has 0 aromatic carbocycles. The summed E-state index contributed by atoms with van der Waals surface area (Å²) in [5, 5.41) is 2.87. The molecular weight excluding hydrogens is 218 g/mol. The van der Waals surface area contributed by atoms with Crippen molar-refractivity contribution in [1.82, 2.24) is 10.2 Å². The Bertz CT molecular complexity index is 210. The Balaban J connectivity index is 3.57. The maximum absolute atomic E-state index is 11.5. The van der Waals surface area contributed by atoms with Crippen molar-refractivity contribution in [3.05, 3.63) is 0 Å². The topological polar surface area (TPSA) is 67.6 Å². The lowest BCUT2D eigenvalue weighted by Gasteiger charge is -2.18. The Kier molecular flexibility index (Phi) is 9.03. The third kappa shape index (κ3) is 9.09. The van der Waals surface area contributed by atoms with Crippen LogP contribution in [0, 0.1) is 5.92 Å². The van der Waals surface area contributed by atoms with E-state index in [4.69, 9.17) is 10.5 Å². The van der Waals surface area contributed by atoms with E-state index in [1.165, 1.54) is 0 Å². The summed E-state index contributed by atoms with van der Waals surface area (Å²) in [5.41, 5.74) is 5.83. The number of carbonyl (C=O) groups excluding carboxylic acids is 1. The molecule has 0 fully saturated rings. The van der Waals surface area contributed by atoms with Crippen molar-refractivity contribution in [1.29, 1.82) is 0 Å². The largest absolute Gasteiger partial charge is 0.383 e. The molecule has 0 aliphatic carbocycles. The Labute approximate surface area is 105 Å². The van der Waals surface area contributed by atoms with Gasteiger partial charge in [-0.25, -0.2) is 0 Å². The fraction of sp³-hybridized carbons (Fsp3) is 0.917. The smallest absolute Gasteiger partial charge is 0.221 e. The predicted molar refractivity (Wildman–Crippen MR) is 69.8 cm³/mol. The van der Waals surface area contributed by atoms with Crippen molar-refractivity contribution >= 4 is 5.91 Å². The third-order valence-electron chi connectivity index (χ3n) is 2.77. The number of rotatable bonds is 9. The van der Waals surface area contributed by atoms with E-state index in [9.17, 15) is 4.79 Å². The summed E-state index contributed by atoms with van der Waals surface area (Å²) in [7, 11) is 3.69. The van der Waals surface area contributed by atoms with Crippen LogP contribution in [0.4, 0.5) is 0 Å². The summed E-state index contributed by atoms with van der Waals surface area (Å²) in [5.74, 6) is 0.372. The maximum atomic E-state index is 11.5. The van der Waals surface area contributed by atoms with Crippen LogP contribution in [0.1, 0.15) is 20.3 Å². The number of likely N-dealkylation sites (N-methyl/N-ethyl adjacent to an activating group) is 1. The number of nitrogens with one attached hydrogen (secondary N) is 1. The van der Waals surface area contributed by atoms with Gasteiger partial charge in [-0.1, -0.05) is 13.8 Å². The van der Waals surface area contributed by atoms with E-state index in [1.54, 1.807) is 7.11 Å². The van der Waals surface area contributed by atoms with Crippen LogP contribution in [0.25, 0.3) is 0 Å². The first-order valence-electron chi connectivity index (χ1n) is 6.17. The first-order valence-corrected chi connectivity index (χ1v) is 6.17. The van der Waals surface area contributed by atoms with Crippen LogP contribution >= 0.6 is 0 Å². The lowest BCUT2D eigenvalue weighted by Crippen LogP contribution is -2.38. The van der Waals surface area contributed by atoms with Gasteiger partial charge in [-0.2, -0.15) is 0 Å². The Morgan fingerprint density at radius 2 is 2.06 bits per heavy atom. The number of methoxy groups -OCH3 is 1. The van der Waals surface area contributed by atoms with Gasteiger partial charge in [-0.3, -0.25) is 4.79 Å². The fourth-order valence-corrected chi connectivity index (χ4v) is 1.27. The zero-order valence-corrected chi connectivity index (χ0v) is 11.5. The van der Waals surface area contributed by atoms with Crippen molar-refractivity contribution < 1.29 is 9.53 Å². The van der Waals surface area contributed by atoms with E-state index >= 15 is 0 Å². The fourth-order valence-electron chi connectivity index (χ4n) is 1.27. The van der Waals surface area contributed by atoms with Gasteiger partial charge in [0.2, 0.25) is 5.91 Å². The lowest BCUT2D eigenvalue weighted by molar-refractivity contribution is -0.121. The van der Waals surface area contributed by atoms with Crippen LogP contribution < -0.4 is 11.1 Å². The van der Waals surface area contributed by atoms with E-state index in [0.717, 1.165) is 13.1 Å². The van der Waals surface area contributed by atoms with Crippen LogP contribution in [0.2, 0.25) is 0 Å². The Morgan fingerprint density at radius 3 is 2.59 bits per heavy atom. The molecule has 5 nitrogen and oxygen atoms in total. The molecule has 0 heterocycles. The highest BCUT2D eigenvalue weighted by atomic mass is 16.5. The molecule has 0 aliphatic heterocycles. The van der Waals surface area contributed by atoms with Gasteiger partial charge >= 0.3 is 0 Å². The average molecular weight is 245 g/mol. The molecule has 0 aromatic heterocycles. The first-order chi connectivity index (χ1) is 7.97. The zero-order valence-electron chi connectivity index (χ0n) is 11.5. The van der Waals surface area contributed by atoms with E-state index in [0.29, 0.717) is 25.5 Å². The molecule has 5 heteroatoms. The molecule has 17 heavy (non-hydrogen) atoms. The van der Waals surface area contributed by atoms with Crippen LogP contribution in [0.5, 0.6) is 0 Å². The predicted octanol–water partition coefficient (Wildman–Crippen LogP) is 0.0542. The summed E-state index contributed by atoms with van der Waals surface area (Å²) in [6, 6.07) is -0.0544. The normalized spacial score (nSPS) is 13.1. The standard InChI is InChI=1S/C12H27N3O2/c1-10(2)11(13)9-12(16)14-5-6-15(3)7-8-17-4/h10-11H,5-9,13H2,1-4H3,(H,14,16). The van der Waals surface area contributed by atoms with Gasteiger partial charge in [0.05, 0.1) is 6.61 Å². The second-order valence-corrected chi connectivity index (χ2v) is 4.76. The van der Waals surface area contributed by atoms with Gasteiger partial charge in [0.1, 0.15) is 0 Å². The molecule has 1 unspecified atom stereocenters. The van der Waals surface area contributed by atoms with Crippen molar-refractivity contribution in [3.63, 3.8) is 0 Å². The molecular formula is C12H27N3O2. The molecule has 0 saturated carbocycles. The summed E-state index contributed by atoms with van der Waals surface area (Å²) in [6.07, 6.45) is 0.402. The molecule has 0 rings (SSSR count). The molecule has 1 atom stereocenters. The molecule has 0 bridgehead atoms. The Morgan fingerprint density at radius 1 is 1.41 bits per heavy atom. The monoisotopic (exact) mass is 245 g/mol. The number of ether oxygens (including phenoxy) is 1. The van der Waals surface area contributed by atoms with Crippen LogP contribution in [0.15, 0.2) is 0 Å². The molecule has 102 valence electrons. The van der Waals surface area contributed by atoms with Gasteiger partial charge < -0.3 is 20.7 Å². The number of carbonyl (C=O) groups is 1. The second kappa shape index (κ2) is 9.39. The molecule has 3 N–H and O–H groups in total. The maximum Gasteiger partial charge on any atom is 0.221 e. The number of nitrogens with two attached hydrogens (primary N) is 1. The van der Waals surface area contributed by atoms with Gasteiger partial charge in [-0.05, 0) is 13.0 Å². The van der Waals surface area contributed by atoms with Crippen LogP contribution in [-0.2, 0) is 9.53 Å². The number of hydrogen-bond donors (Lipinski definition) is 2. The average Bonchev–Trinajstić information content (AvgIpc) is 2.26. The number of amides is 1. The van der Waals surface area contributed by atoms with Gasteiger partial charge in [-0.15, -0.1) is 0 Å². The summed E-state index contributed by atoms with van der Waals surface area (Å²) >= 11 is 0. The Hall–Kier alpha value is -0.650. The summed E-state index contributed by atoms with van der Waals surface area (Å²) in [4.78, 5) is 13.6. The molecule has 0 spiro atoms. The molecule has 0 radical (unpaired) electrons. The number of nitrogens with zero attached hydrogens (tertiary/aromatic N) is 1. The van der Waals surface area contributed by atoms with Crippen LogP contribution in [-0.4, -0.2) is 57.2 Å². The van der Waals surface area contributed by atoms with Crippen molar-refractivity contribution in [2.45, 2.75) is 26.3 Å². The molecule has 0 saturated heterocycles. The minimum atomic E-state index is -0.0544. The van der Waals surface area contributed by atoms with E-state index in [1.807, 2.05) is 20.9 Å². The van der Waals surface area contributed by atoms with Crippen LogP contribution in [0.3, 0.4) is 0 Å². The number of hydrogen-bond acceptors (Lipinski definition) is 4. The highest BCUT2D eigenvalue weighted by molar-refractivity contribution is 5.76. The van der Waals surface area contributed by atoms with Gasteiger partial charge in [0, 0.05) is 39.2 Å². The quantitative estimate of drug-likeness (QED) is 0.602. The van der Waals surface area contributed by atoms with Crippen molar-refractivity contribution in [3.8, 4) is 0 Å². The zero-order chi connectivity index (χ0) is 13.3.